The lowest BCUT2D eigenvalue weighted by Gasteiger charge is -2.31. The maximum absolute atomic E-state index is 12.6. The molecular formula is C18H17N5O4. The Morgan fingerprint density at radius 2 is 1.70 bits per heavy atom. The van der Waals surface area contributed by atoms with E-state index < -0.39 is 12.2 Å². The minimum atomic E-state index is -0.776. The Morgan fingerprint density at radius 1 is 1.04 bits per heavy atom. The first kappa shape index (κ1) is 16.8. The first-order valence-electron chi connectivity index (χ1n) is 8.35. The lowest BCUT2D eigenvalue weighted by atomic mass is 10.1. The van der Waals surface area contributed by atoms with Gasteiger partial charge in [0.1, 0.15) is 6.10 Å². The summed E-state index contributed by atoms with van der Waals surface area (Å²) in [6.07, 6.45) is -1.21. The fourth-order valence-corrected chi connectivity index (χ4v) is 2.78. The summed E-state index contributed by atoms with van der Waals surface area (Å²) in [6, 6.07) is 13.9. The van der Waals surface area contributed by atoms with Crippen LogP contribution in [0.3, 0.4) is 0 Å². The van der Waals surface area contributed by atoms with E-state index in [1.165, 1.54) is 11.7 Å². The number of ether oxygens (including phenoxy) is 2. The van der Waals surface area contributed by atoms with Gasteiger partial charge in [-0.05, 0) is 53.7 Å². The molecule has 0 bridgehead atoms. The summed E-state index contributed by atoms with van der Waals surface area (Å²) >= 11 is 0. The molecule has 2 aromatic carbocycles. The van der Waals surface area contributed by atoms with Gasteiger partial charge in [-0.1, -0.05) is 12.1 Å². The topological polar surface area (TPSA) is 100 Å². The Kier molecular flexibility index (Phi) is 4.11. The zero-order chi connectivity index (χ0) is 19.0. The van der Waals surface area contributed by atoms with E-state index in [0.717, 1.165) is 4.68 Å². The number of aryl methyl sites for hydroxylation is 1. The molecule has 2 heterocycles. The van der Waals surface area contributed by atoms with Crippen molar-refractivity contribution in [2.75, 3.05) is 5.32 Å². The summed E-state index contributed by atoms with van der Waals surface area (Å²) < 4.78 is 13.8. The van der Waals surface area contributed by atoms with Gasteiger partial charge in [0.2, 0.25) is 6.10 Å². The number of benzene rings is 2. The molecular weight excluding hydrogens is 350 g/mol. The number of hydrogen-bond donors (Lipinski definition) is 1. The Labute approximate surface area is 154 Å². The van der Waals surface area contributed by atoms with Crippen LogP contribution in [0.25, 0.3) is 5.69 Å². The van der Waals surface area contributed by atoms with Crippen molar-refractivity contribution in [3.8, 4) is 17.2 Å². The summed E-state index contributed by atoms with van der Waals surface area (Å²) in [5.41, 5.74) is 0.757. The Morgan fingerprint density at radius 3 is 2.33 bits per heavy atom. The SMILES string of the molecule is C[C@@H]1Oc2ccccc2O[C@@H]1C(=O)Nc1ccc(-n2nnn(C)c2=O)cc1. The number of carbonyl (C=O) groups is 1. The third-order valence-corrected chi connectivity index (χ3v) is 4.20. The molecule has 1 aromatic heterocycles. The smallest absolute Gasteiger partial charge is 0.368 e. The van der Waals surface area contributed by atoms with Crippen molar-refractivity contribution < 1.29 is 14.3 Å². The lowest BCUT2D eigenvalue weighted by molar-refractivity contribution is -0.128. The predicted molar refractivity (Wildman–Crippen MR) is 96.2 cm³/mol. The molecule has 0 saturated heterocycles. The van der Waals surface area contributed by atoms with Crippen LogP contribution in [0.4, 0.5) is 5.69 Å². The van der Waals surface area contributed by atoms with Gasteiger partial charge in [-0.3, -0.25) is 4.79 Å². The monoisotopic (exact) mass is 367 g/mol. The van der Waals surface area contributed by atoms with E-state index in [1.54, 1.807) is 43.3 Å². The Bertz CT molecular complexity index is 1040. The number of carbonyl (C=O) groups excluding carboxylic acids is 1. The summed E-state index contributed by atoms with van der Waals surface area (Å²) in [5.74, 6) is 0.836. The quantitative estimate of drug-likeness (QED) is 0.745. The van der Waals surface area contributed by atoms with Crippen LogP contribution in [0.2, 0.25) is 0 Å². The second kappa shape index (κ2) is 6.60. The zero-order valence-electron chi connectivity index (χ0n) is 14.7. The molecule has 0 fully saturated rings. The van der Waals surface area contributed by atoms with Gasteiger partial charge in [-0.25, -0.2) is 4.79 Å². The molecule has 9 nitrogen and oxygen atoms in total. The van der Waals surface area contributed by atoms with E-state index in [0.29, 0.717) is 22.9 Å². The second-order valence-electron chi connectivity index (χ2n) is 6.14. The van der Waals surface area contributed by atoms with Crippen LogP contribution in [-0.2, 0) is 11.8 Å². The van der Waals surface area contributed by atoms with Crippen LogP contribution in [0.1, 0.15) is 6.92 Å². The van der Waals surface area contributed by atoms with E-state index >= 15 is 0 Å². The molecule has 1 aliphatic rings. The molecule has 0 spiro atoms. The van der Waals surface area contributed by atoms with Crippen LogP contribution in [0.5, 0.6) is 11.5 Å². The highest BCUT2D eigenvalue weighted by molar-refractivity contribution is 5.95. The van der Waals surface area contributed by atoms with Gasteiger partial charge in [0.15, 0.2) is 11.5 Å². The molecule has 4 rings (SSSR count). The van der Waals surface area contributed by atoms with E-state index in [2.05, 4.69) is 15.7 Å². The van der Waals surface area contributed by atoms with Crippen molar-refractivity contribution in [1.82, 2.24) is 19.8 Å². The molecule has 1 N–H and O–H groups in total. The van der Waals surface area contributed by atoms with Crippen molar-refractivity contribution in [2.45, 2.75) is 19.1 Å². The lowest BCUT2D eigenvalue weighted by Crippen LogP contribution is -2.46. The normalized spacial score (nSPS) is 18.1. The van der Waals surface area contributed by atoms with Crippen LogP contribution < -0.4 is 20.5 Å². The van der Waals surface area contributed by atoms with Crippen molar-refractivity contribution in [1.29, 1.82) is 0 Å². The molecule has 9 heteroatoms. The number of fused-ring (bicyclic) bond motifs is 1. The highest BCUT2D eigenvalue weighted by atomic mass is 16.6. The maximum atomic E-state index is 12.6. The average Bonchev–Trinajstić information content (AvgIpc) is 3.00. The largest absolute Gasteiger partial charge is 0.482 e. The van der Waals surface area contributed by atoms with Crippen LogP contribution >= 0.6 is 0 Å². The number of hydrogen-bond acceptors (Lipinski definition) is 6. The molecule has 1 aliphatic heterocycles. The molecule has 0 saturated carbocycles. The molecule has 0 aliphatic carbocycles. The van der Waals surface area contributed by atoms with Gasteiger partial charge < -0.3 is 14.8 Å². The summed E-state index contributed by atoms with van der Waals surface area (Å²) in [5, 5.41) is 10.2. The maximum Gasteiger partial charge on any atom is 0.368 e. The van der Waals surface area contributed by atoms with E-state index in [1.807, 2.05) is 12.1 Å². The van der Waals surface area contributed by atoms with Gasteiger partial charge >= 0.3 is 5.69 Å². The third-order valence-electron chi connectivity index (χ3n) is 4.20. The zero-order valence-corrected chi connectivity index (χ0v) is 14.7. The standard InChI is InChI=1S/C18H17N5O4/c1-11-16(27-15-6-4-3-5-14(15)26-11)17(24)19-12-7-9-13(10-8-12)23-18(25)22(2)20-21-23/h3-11,16H,1-2H3,(H,19,24)/t11-,16-/m0/s1. The molecule has 27 heavy (non-hydrogen) atoms. The number of aromatic nitrogens is 4. The number of nitrogens with zero attached hydrogens (tertiary/aromatic N) is 4. The van der Waals surface area contributed by atoms with Crippen molar-refractivity contribution in [3.05, 3.63) is 59.0 Å². The minimum Gasteiger partial charge on any atom is -0.482 e. The van der Waals surface area contributed by atoms with Gasteiger partial charge in [0, 0.05) is 12.7 Å². The van der Waals surface area contributed by atoms with Crippen LogP contribution in [0.15, 0.2) is 53.3 Å². The molecule has 0 unspecified atom stereocenters. The number of anilines is 1. The molecule has 0 radical (unpaired) electrons. The van der Waals surface area contributed by atoms with E-state index in [9.17, 15) is 9.59 Å². The number of nitrogens with one attached hydrogen (secondary N) is 1. The van der Waals surface area contributed by atoms with Gasteiger partial charge in [0.05, 0.1) is 5.69 Å². The molecule has 138 valence electrons. The van der Waals surface area contributed by atoms with E-state index in [4.69, 9.17) is 9.47 Å². The fourth-order valence-electron chi connectivity index (χ4n) is 2.78. The number of para-hydroxylation sites is 2. The Hall–Kier alpha value is -3.62. The van der Waals surface area contributed by atoms with Crippen molar-refractivity contribution >= 4 is 11.6 Å². The van der Waals surface area contributed by atoms with Gasteiger partial charge in [0.25, 0.3) is 5.91 Å². The molecule has 2 atom stereocenters. The highest BCUT2D eigenvalue weighted by Gasteiger charge is 2.34. The third kappa shape index (κ3) is 3.14. The van der Waals surface area contributed by atoms with E-state index in [-0.39, 0.29) is 11.6 Å². The average molecular weight is 367 g/mol. The molecule has 1 amide bonds. The van der Waals surface area contributed by atoms with Crippen molar-refractivity contribution in [2.24, 2.45) is 7.05 Å². The van der Waals surface area contributed by atoms with Crippen LogP contribution in [-0.4, -0.2) is 37.9 Å². The first-order chi connectivity index (χ1) is 13.0. The first-order valence-corrected chi connectivity index (χ1v) is 8.35. The van der Waals surface area contributed by atoms with Gasteiger partial charge in [-0.2, -0.15) is 9.36 Å². The number of tetrazole rings is 1. The Balaban J connectivity index is 1.48. The summed E-state index contributed by atoms with van der Waals surface area (Å²) in [7, 11) is 1.52. The number of rotatable bonds is 3. The van der Waals surface area contributed by atoms with Crippen LogP contribution in [0, 0.1) is 0 Å². The second-order valence-corrected chi connectivity index (χ2v) is 6.14. The fraction of sp³-hybridized carbons (Fsp3) is 0.222. The van der Waals surface area contributed by atoms with Crippen molar-refractivity contribution in [3.63, 3.8) is 0 Å². The summed E-state index contributed by atoms with van der Waals surface area (Å²) in [6.45, 7) is 1.78. The minimum absolute atomic E-state index is 0.318. The summed E-state index contributed by atoms with van der Waals surface area (Å²) in [4.78, 5) is 24.5. The number of amides is 1. The predicted octanol–water partition coefficient (Wildman–Crippen LogP) is 1.13. The molecule has 3 aromatic rings. The van der Waals surface area contributed by atoms with Gasteiger partial charge in [-0.15, -0.1) is 0 Å². The highest BCUT2D eigenvalue weighted by Crippen LogP contribution is 2.33.